The first-order valence-corrected chi connectivity index (χ1v) is 8.45. The highest BCUT2D eigenvalue weighted by atomic mass is 32.2. The molecule has 19 heavy (non-hydrogen) atoms. The van der Waals surface area contributed by atoms with Crippen molar-refractivity contribution in [2.75, 3.05) is 12.8 Å². The summed E-state index contributed by atoms with van der Waals surface area (Å²) in [7, 11) is 0. The third-order valence-corrected chi connectivity index (χ3v) is 5.49. The van der Waals surface area contributed by atoms with E-state index in [0.717, 1.165) is 6.54 Å². The molecule has 1 N–H and O–H groups in total. The van der Waals surface area contributed by atoms with Crippen LogP contribution >= 0.6 is 11.8 Å². The first-order chi connectivity index (χ1) is 8.87. The molecule has 5 heteroatoms. The van der Waals surface area contributed by atoms with Crippen LogP contribution in [-0.4, -0.2) is 29.8 Å². The summed E-state index contributed by atoms with van der Waals surface area (Å²) in [6.45, 7) is 2.93. The molecule has 0 radical (unpaired) electrons. The molecule has 0 heterocycles. The molecule has 0 bridgehead atoms. The van der Waals surface area contributed by atoms with E-state index in [9.17, 15) is 13.2 Å². The van der Waals surface area contributed by atoms with Crippen molar-refractivity contribution >= 4 is 11.8 Å². The maximum absolute atomic E-state index is 12.1. The average molecular weight is 297 g/mol. The van der Waals surface area contributed by atoms with E-state index in [1.165, 1.54) is 32.1 Å². The van der Waals surface area contributed by atoms with Gasteiger partial charge in [-0.2, -0.15) is 24.9 Å². The molecule has 1 saturated carbocycles. The van der Waals surface area contributed by atoms with Crippen molar-refractivity contribution in [3.63, 3.8) is 0 Å². The minimum atomic E-state index is -4.01. The summed E-state index contributed by atoms with van der Waals surface area (Å²) < 4.78 is 36.5. The fraction of sp³-hybridized carbons (Fsp3) is 1.00. The minimum Gasteiger partial charge on any atom is -0.313 e. The number of thioether (sulfide) groups is 1. The molecule has 0 aromatic rings. The summed E-state index contributed by atoms with van der Waals surface area (Å²) in [5.74, 6) is 0. The lowest BCUT2D eigenvalue weighted by Crippen LogP contribution is -2.42. The smallest absolute Gasteiger partial charge is 0.313 e. The summed E-state index contributed by atoms with van der Waals surface area (Å²) in [5, 5.41) is 3.44. The fourth-order valence-electron chi connectivity index (χ4n) is 2.72. The lowest BCUT2D eigenvalue weighted by atomic mass is 9.88. The van der Waals surface area contributed by atoms with Crippen LogP contribution in [0.1, 0.15) is 58.3 Å². The van der Waals surface area contributed by atoms with Gasteiger partial charge in [0.05, 0.1) is 0 Å². The Kier molecular flexibility index (Phi) is 7.01. The number of alkyl halides is 3. The monoisotopic (exact) mass is 297 g/mol. The molecule has 1 aliphatic carbocycles. The molecule has 0 aliphatic heterocycles. The lowest BCUT2D eigenvalue weighted by molar-refractivity contribution is -0.135. The van der Waals surface area contributed by atoms with Crippen LogP contribution in [0.25, 0.3) is 0 Å². The molecule has 0 spiro atoms. The molecular weight excluding hydrogens is 271 g/mol. The van der Waals surface area contributed by atoms with E-state index in [0.29, 0.717) is 11.2 Å². The Bertz CT molecular complexity index is 250. The summed E-state index contributed by atoms with van der Waals surface area (Å²) in [6, 6.07) is 0.174. The quantitative estimate of drug-likeness (QED) is 0.727. The highest BCUT2D eigenvalue weighted by Gasteiger charge is 2.31. The Morgan fingerprint density at radius 1 is 1.21 bits per heavy atom. The second kappa shape index (κ2) is 7.77. The molecule has 1 rings (SSSR count). The van der Waals surface area contributed by atoms with Crippen LogP contribution in [0.15, 0.2) is 0 Å². The Balaban J connectivity index is 2.22. The van der Waals surface area contributed by atoms with E-state index in [-0.39, 0.29) is 12.5 Å². The average Bonchev–Trinajstić information content (AvgIpc) is 2.36. The van der Waals surface area contributed by atoms with Crippen LogP contribution in [0.5, 0.6) is 0 Å². The van der Waals surface area contributed by atoms with Gasteiger partial charge in [0.15, 0.2) is 0 Å². The molecule has 1 unspecified atom stereocenters. The van der Waals surface area contributed by atoms with Gasteiger partial charge in [-0.05, 0) is 38.9 Å². The van der Waals surface area contributed by atoms with Crippen molar-refractivity contribution in [3.8, 4) is 0 Å². The summed E-state index contributed by atoms with van der Waals surface area (Å²) in [4.78, 5) is 0. The lowest BCUT2D eigenvalue weighted by Gasteiger charge is -2.37. The van der Waals surface area contributed by atoms with Crippen molar-refractivity contribution in [1.29, 1.82) is 0 Å². The Morgan fingerprint density at radius 3 is 2.37 bits per heavy atom. The number of halogens is 3. The third kappa shape index (κ3) is 6.89. The van der Waals surface area contributed by atoms with E-state index in [1.807, 2.05) is 18.7 Å². The minimum absolute atomic E-state index is 0.174. The maximum Gasteiger partial charge on any atom is 0.389 e. The van der Waals surface area contributed by atoms with E-state index >= 15 is 0 Å². The topological polar surface area (TPSA) is 12.0 Å². The normalized spacial score (nSPS) is 21.3. The Hall–Kier alpha value is 0.100. The first-order valence-electron chi connectivity index (χ1n) is 7.22. The highest BCUT2D eigenvalue weighted by Crippen LogP contribution is 2.38. The molecule has 0 aromatic carbocycles. The summed E-state index contributed by atoms with van der Waals surface area (Å²) in [6.07, 6.45) is 4.66. The molecule has 1 fully saturated rings. The van der Waals surface area contributed by atoms with Crippen LogP contribution in [0.3, 0.4) is 0 Å². The SMILES string of the molecule is CSC1(CNC(C)CCCC(F)(F)F)CCCCC1. The number of nitrogens with one attached hydrogen (secondary N) is 1. The van der Waals surface area contributed by atoms with E-state index < -0.39 is 12.6 Å². The molecule has 114 valence electrons. The third-order valence-electron chi connectivity index (χ3n) is 4.07. The van der Waals surface area contributed by atoms with E-state index in [1.54, 1.807) is 0 Å². The van der Waals surface area contributed by atoms with Gasteiger partial charge in [-0.15, -0.1) is 0 Å². The zero-order valence-corrected chi connectivity index (χ0v) is 12.8. The van der Waals surface area contributed by atoms with Gasteiger partial charge < -0.3 is 5.32 Å². The van der Waals surface area contributed by atoms with Crippen LogP contribution in [-0.2, 0) is 0 Å². The zero-order chi connectivity index (χ0) is 14.4. The maximum atomic E-state index is 12.1. The molecule has 0 amide bonds. The second-order valence-electron chi connectivity index (χ2n) is 5.74. The molecular formula is C14H26F3NS. The summed E-state index contributed by atoms with van der Waals surface area (Å²) in [5.41, 5.74) is 0. The van der Waals surface area contributed by atoms with Crippen molar-refractivity contribution in [2.24, 2.45) is 0 Å². The van der Waals surface area contributed by atoms with Crippen LogP contribution < -0.4 is 5.32 Å². The largest absolute Gasteiger partial charge is 0.389 e. The predicted molar refractivity (Wildman–Crippen MR) is 76.7 cm³/mol. The van der Waals surface area contributed by atoms with Crippen LogP contribution in [0.4, 0.5) is 13.2 Å². The highest BCUT2D eigenvalue weighted by molar-refractivity contribution is 8.00. The fourth-order valence-corrected chi connectivity index (χ4v) is 3.64. The standard InChI is InChI=1S/C14H26F3NS/c1-12(7-6-10-14(15,16)17)18-11-13(19-2)8-4-3-5-9-13/h12,18H,3-11H2,1-2H3. The second-order valence-corrected chi connectivity index (χ2v) is 7.01. The Morgan fingerprint density at radius 2 is 1.84 bits per heavy atom. The van der Waals surface area contributed by atoms with Crippen molar-refractivity contribution in [2.45, 2.75) is 75.3 Å². The zero-order valence-electron chi connectivity index (χ0n) is 12.0. The van der Waals surface area contributed by atoms with Gasteiger partial charge in [-0.25, -0.2) is 0 Å². The van der Waals surface area contributed by atoms with Gasteiger partial charge in [0.2, 0.25) is 0 Å². The number of hydrogen-bond donors (Lipinski definition) is 1. The number of hydrogen-bond acceptors (Lipinski definition) is 2. The van der Waals surface area contributed by atoms with E-state index in [4.69, 9.17) is 0 Å². The van der Waals surface area contributed by atoms with Crippen LogP contribution in [0.2, 0.25) is 0 Å². The molecule has 1 nitrogen and oxygen atoms in total. The van der Waals surface area contributed by atoms with Crippen molar-refractivity contribution in [3.05, 3.63) is 0 Å². The summed E-state index contributed by atoms with van der Waals surface area (Å²) >= 11 is 1.92. The molecule has 1 aliphatic rings. The van der Waals surface area contributed by atoms with Gasteiger partial charge in [-0.3, -0.25) is 0 Å². The van der Waals surface area contributed by atoms with Crippen molar-refractivity contribution < 1.29 is 13.2 Å². The predicted octanol–water partition coefficient (Wildman–Crippen LogP) is 4.76. The van der Waals surface area contributed by atoms with Gasteiger partial charge in [0.25, 0.3) is 0 Å². The van der Waals surface area contributed by atoms with Gasteiger partial charge in [0.1, 0.15) is 0 Å². The van der Waals surface area contributed by atoms with Crippen molar-refractivity contribution in [1.82, 2.24) is 5.32 Å². The Labute approximate surface area is 119 Å². The first kappa shape index (κ1) is 17.2. The molecule has 0 aromatic heterocycles. The number of rotatable bonds is 7. The molecule has 0 saturated heterocycles. The van der Waals surface area contributed by atoms with Gasteiger partial charge in [0, 0.05) is 23.8 Å². The van der Waals surface area contributed by atoms with Gasteiger partial charge in [-0.1, -0.05) is 19.3 Å². The van der Waals surface area contributed by atoms with Crippen LogP contribution in [0, 0.1) is 0 Å². The molecule has 1 atom stereocenters. The van der Waals surface area contributed by atoms with Gasteiger partial charge >= 0.3 is 6.18 Å². The van der Waals surface area contributed by atoms with E-state index in [2.05, 4.69) is 11.6 Å².